The molecule has 4 rings (SSSR count). The second-order valence-corrected chi connectivity index (χ2v) is 9.54. The zero-order valence-corrected chi connectivity index (χ0v) is 17.1. The summed E-state index contributed by atoms with van der Waals surface area (Å²) in [6.07, 6.45) is 3.40. The molecule has 1 aliphatic carbocycles. The molecule has 3 aromatic rings. The van der Waals surface area contributed by atoms with Crippen LogP contribution in [-0.4, -0.2) is 0 Å². The average Bonchev–Trinajstić information content (AvgIpc) is 3.02. The van der Waals surface area contributed by atoms with Crippen molar-refractivity contribution in [2.24, 2.45) is 0 Å². The number of benzene rings is 3. The van der Waals surface area contributed by atoms with E-state index in [4.69, 9.17) is 0 Å². The zero-order chi connectivity index (χ0) is 18.8. The van der Waals surface area contributed by atoms with E-state index in [0.29, 0.717) is 0 Å². The highest BCUT2D eigenvalue weighted by atomic mass is 31.1. The van der Waals surface area contributed by atoms with Crippen LogP contribution in [0.25, 0.3) is 5.57 Å². The lowest BCUT2D eigenvalue weighted by atomic mass is 10.00. The first-order chi connectivity index (χ1) is 13.1. The van der Waals surface area contributed by atoms with Crippen molar-refractivity contribution < 1.29 is 0 Å². The van der Waals surface area contributed by atoms with E-state index in [-0.39, 0.29) is 0 Å². The van der Waals surface area contributed by atoms with Gasteiger partial charge < -0.3 is 0 Å². The second kappa shape index (κ2) is 7.67. The summed E-state index contributed by atoms with van der Waals surface area (Å²) in [5, 5.41) is 4.29. The first kappa shape index (κ1) is 18.0. The molecule has 0 bridgehead atoms. The maximum absolute atomic E-state index is 2.41. The molecule has 0 heterocycles. The molecule has 0 fully saturated rings. The van der Waals surface area contributed by atoms with Crippen LogP contribution in [0.5, 0.6) is 0 Å². The van der Waals surface area contributed by atoms with Crippen LogP contribution < -0.4 is 15.9 Å². The molecule has 0 amide bonds. The molecule has 0 spiro atoms. The second-order valence-electron chi connectivity index (χ2n) is 7.36. The van der Waals surface area contributed by atoms with Gasteiger partial charge in [0.1, 0.15) is 0 Å². The quantitative estimate of drug-likeness (QED) is 0.505. The lowest BCUT2D eigenvalue weighted by molar-refractivity contribution is 1.26. The van der Waals surface area contributed by atoms with Crippen LogP contribution in [0.4, 0.5) is 0 Å². The number of allylic oxidation sites excluding steroid dienone is 4. The van der Waals surface area contributed by atoms with Crippen molar-refractivity contribution >= 4 is 29.4 Å². The lowest BCUT2D eigenvalue weighted by Gasteiger charge is -2.24. The summed E-state index contributed by atoms with van der Waals surface area (Å²) in [5.74, 6) is 0. The van der Waals surface area contributed by atoms with E-state index in [0.717, 1.165) is 6.42 Å². The van der Waals surface area contributed by atoms with Gasteiger partial charge in [0.2, 0.25) is 0 Å². The third kappa shape index (κ3) is 3.68. The molecular weight excluding hydrogens is 343 g/mol. The molecule has 0 aliphatic heterocycles. The van der Waals surface area contributed by atoms with Crippen molar-refractivity contribution in [2.45, 2.75) is 27.2 Å². The Balaban J connectivity index is 1.94. The van der Waals surface area contributed by atoms with Gasteiger partial charge in [-0.25, -0.2) is 0 Å². The third-order valence-corrected chi connectivity index (χ3v) is 7.62. The first-order valence-corrected chi connectivity index (χ1v) is 10.9. The first-order valence-electron chi connectivity index (χ1n) is 9.51. The van der Waals surface area contributed by atoms with Gasteiger partial charge in [-0.15, -0.1) is 0 Å². The van der Waals surface area contributed by atoms with Gasteiger partial charge in [-0.3, -0.25) is 0 Å². The Labute approximate surface area is 164 Å². The predicted octanol–water partition coefficient (Wildman–Crippen LogP) is 5.88. The molecule has 0 radical (unpaired) electrons. The van der Waals surface area contributed by atoms with E-state index < -0.39 is 7.92 Å². The minimum absolute atomic E-state index is 0.590. The highest BCUT2D eigenvalue weighted by Gasteiger charge is 2.23. The molecule has 0 unspecified atom stereocenters. The van der Waals surface area contributed by atoms with Crippen molar-refractivity contribution in [3.63, 3.8) is 0 Å². The molecule has 1 heteroatoms. The number of rotatable bonds is 4. The van der Waals surface area contributed by atoms with Crippen molar-refractivity contribution in [2.75, 3.05) is 0 Å². The van der Waals surface area contributed by atoms with E-state index in [1.165, 1.54) is 43.8 Å². The summed E-state index contributed by atoms with van der Waals surface area (Å²) in [7, 11) is -0.590. The fourth-order valence-electron chi connectivity index (χ4n) is 3.90. The van der Waals surface area contributed by atoms with Crippen LogP contribution in [0, 0.1) is 6.92 Å². The third-order valence-electron chi connectivity index (χ3n) is 5.14. The SMILES string of the molecule is CC1=CC(C)=C(c2ccc(C)cc2P(c2ccccc2)c2ccccc2)C1. The molecule has 0 aromatic heterocycles. The Morgan fingerprint density at radius 3 is 1.81 bits per heavy atom. The van der Waals surface area contributed by atoms with E-state index in [9.17, 15) is 0 Å². The highest BCUT2D eigenvalue weighted by Crippen LogP contribution is 2.40. The summed E-state index contributed by atoms with van der Waals surface area (Å²) in [4.78, 5) is 0. The van der Waals surface area contributed by atoms with Gasteiger partial charge >= 0.3 is 0 Å². The van der Waals surface area contributed by atoms with Crippen molar-refractivity contribution in [1.29, 1.82) is 0 Å². The summed E-state index contributed by atoms with van der Waals surface area (Å²) in [5.41, 5.74) is 7.10. The molecule has 134 valence electrons. The Hall–Kier alpha value is -2.43. The molecule has 0 saturated heterocycles. The van der Waals surface area contributed by atoms with E-state index in [1.54, 1.807) is 0 Å². The molecule has 1 aliphatic rings. The highest BCUT2D eigenvalue weighted by molar-refractivity contribution is 7.80. The Bertz CT molecular complexity index is 971. The van der Waals surface area contributed by atoms with Crippen LogP contribution in [0.1, 0.15) is 31.4 Å². The standard InChI is InChI=1S/C26H25P/c1-19-14-15-24(25-17-20(2)16-21(25)3)26(18-19)27(22-10-6-4-7-11-22)23-12-8-5-9-13-23/h4-16,18H,17H2,1-3H3. The summed E-state index contributed by atoms with van der Waals surface area (Å²) < 4.78 is 0. The molecule has 27 heavy (non-hydrogen) atoms. The summed E-state index contributed by atoms with van der Waals surface area (Å²) >= 11 is 0. The largest absolute Gasteiger partial charge is 0.0686 e. The minimum atomic E-state index is -0.590. The predicted molar refractivity (Wildman–Crippen MR) is 121 cm³/mol. The lowest BCUT2D eigenvalue weighted by Crippen LogP contribution is -2.23. The monoisotopic (exact) mass is 368 g/mol. The van der Waals surface area contributed by atoms with Gasteiger partial charge in [0, 0.05) is 0 Å². The van der Waals surface area contributed by atoms with Crippen molar-refractivity contribution in [3.05, 3.63) is 107 Å². The number of hydrogen-bond donors (Lipinski definition) is 0. The van der Waals surface area contributed by atoms with Crippen LogP contribution in [0.3, 0.4) is 0 Å². The molecule has 0 atom stereocenters. The van der Waals surface area contributed by atoms with Crippen molar-refractivity contribution in [3.8, 4) is 0 Å². The average molecular weight is 368 g/mol. The normalized spacial score (nSPS) is 14.0. The number of aryl methyl sites for hydroxylation is 1. The van der Waals surface area contributed by atoms with Gasteiger partial charge in [0.05, 0.1) is 0 Å². The van der Waals surface area contributed by atoms with E-state index >= 15 is 0 Å². The van der Waals surface area contributed by atoms with Crippen LogP contribution in [0.15, 0.2) is 96.1 Å². The Kier molecular flexibility index (Phi) is 5.10. The smallest absolute Gasteiger partial charge is 0.00579 e. The fourth-order valence-corrected chi connectivity index (χ4v) is 6.48. The van der Waals surface area contributed by atoms with Crippen LogP contribution in [-0.2, 0) is 0 Å². The summed E-state index contributed by atoms with van der Waals surface area (Å²) in [6.45, 7) is 6.69. The van der Waals surface area contributed by atoms with Gasteiger partial charge in [-0.2, -0.15) is 0 Å². The molecular formula is C26H25P. The van der Waals surface area contributed by atoms with Crippen molar-refractivity contribution in [1.82, 2.24) is 0 Å². The maximum atomic E-state index is 2.41. The van der Waals surface area contributed by atoms with Crippen LogP contribution in [0.2, 0.25) is 0 Å². The van der Waals surface area contributed by atoms with Gasteiger partial charge in [-0.05, 0) is 67.7 Å². The Morgan fingerprint density at radius 2 is 1.30 bits per heavy atom. The molecule has 0 nitrogen and oxygen atoms in total. The van der Waals surface area contributed by atoms with Crippen LogP contribution >= 0.6 is 7.92 Å². The molecule has 0 N–H and O–H groups in total. The summed E-state index contributed by atoms with van der Waals surface area (Å²) in [6, 6.07) is 29.0. The fraction of sp³-hybridized carbons (Fsp3) is 0.154. The molecule has 0 saturated carbocycles. The topological polar surface area (TPSA) is 0 Å². The van der Waals surface area contributed by atoms with Gasteiger partial charge in [0.25, 0.3) is 0 Å². The minimum Gasteiger partial charge on any atom is -0.0686 e. The zero-order valence-electron chi connectivity index (χ0n) is 16.2. The molecule has 3 aromatic carbocycles. The maximum Gasteiger partial charge on any atom is -0.00579 e. The van der Waals surface area contributed by atoms with E-state index in [1.807, 2.05) is 0 Å². The van der Waals surface area contributed by atoms with Gasteiger partial charge in [-0.1, -0.05) is 96.1 Å². The number of hydrogen-bond acceptors (Lipinski definition) is 0. The Morgan fingerprint density at radius 1 is 0.704 bits per heavy atom. The van der Waals surface area contributed by atoms with Gasteiger partial charge in [0.15, 0.2) is 0 Å². The van der Waals surface area contributed by atoms with E-state index in [2.05, 4.69) is 106 Å².